The van der Waals surface area contributed by atoms with Gasteiger partial charge in [0.15, 0.2) is 0 Å². The van der Waals surface area contributed by atoms with E-state index in [-0.39, 0.29) is 23.5 Å². The van der Waals surface area contributed by atoms with Gasteiger partial charge in [-0.25, -0.2) is 0 Å². The molecule has 166 valence electrons. The molecule has 2 aliphatic rings. The molecule has 0 aromatic heterocycles. The van der Waals surface area contributed by atoms with E-state index in [9.17, 15) is 9.59 Å². The lowest BCUT2D eigenvalue weighted by Crippen LogP contribution is -2.60. The van der Waals surface area contributed by atoms with Gasteiger partial charge in [-0.2, -0.15) is 0 Å². The fourth-order valence-corrected chi connectivity index (χ4v) is 4.63. The molecule has 0 saturated carbocycles. The van der Waals surface area contributed by atoms with Crippen LogP contribution in [0.25, 0.3) is 0 Å². The molecule has 0 radical (unpaired) electrons. The molecule has 6 nitrogen and oxygen atoms in total. The molecule has 2 fully saturated rings. The summed E-state index contributed by atoms with van der Waals surface area (Å²) in [6.07, 6.45) is 3.43. The second kappa shape index (κ2) is 9.38. The number of benzene rings is 1. The predicted molar refractivity (Wildman–Crippen MR) is 118 cm³/mol. The number of piperidine rings is 1. The van der Waals surface area contributed by atoms with E-state index in [1.807, 2.05) is 23.1 Å². The van der Waals surface area contributed by atoms with Crippen molar-refractivity contribution in [3.8, 4) is 5.75 Å². The Bertz CT molecular complexity index is 756. The Balaban J connectivity index is 1.74. The lowest BCUT2D eigenvalue weighted by Gasteiger charge is -2.45. The Morgan fingerprint density at radius 2 is 1.97 bits per heavy atom. The van der Waals surface area contributed by atoms with E-state index in [0.717, 1.165) is 32.2 Å². The Morgan fingerprint density at radius 3 is 2.57 bits per heavy atom. The smallest absolute Gasteiger partial charge is 0.253 e. The van der Waals surface area contributed by atoms with Crippen molar-refractivity contribution in [2.24, 2.45) is 11.8 Å². The monoisotopic (exact) mass is 415 g/mol. The SMILES string of the molecule is CC[C@@H](C)CN1C(=O)[C@@H](CC(C)C)NC12CCN(C(=O)c1cccc(OC)c1)CC2. The Hall–Kier alpha value is -2.08. The topological polar surface area (TPSA) is 61.9 Å². The number of carbonyl (C=O) groups is 2. The molecule has 0 unspecified atom stereocenters. The predicted octanol–water partition coefficient (Wildman–Crippen LogP) is 3.52. The summed E-state index contributed by atoms with van der Waals surface area (Å²) in [5.41, 5.74) is 0.320. The van der Waals surface area contributed by atoms with Crippen LogP contribution in [0, 0.1) is 11.8 Å². The van der Waals surface area contributed by atoms with Crippen molar-refractivity contribution < 1.29 is 14.3 Å². The van der Waals surface area contributed by atoms with Gasteiger partial charge >= 0.3 is 0 Å². The van der Waals surface area contributed by atoms with Crippen molar-refractivity contribution in [1.29, 1.82) is 0 Å². The summed E-state index contributed by atoms with van der Waals surface area (Å²) >= 11 is 0. The van der Waals surface area contributed by atoms with Crippen molar-refractivity contribution in [2.45, 2.75) is 65.1 Å². The Kier molecular flexibility index (Phi) is 7.06. The first-order valence-electron chi connectivity index (χ1n) is 11.3. The maximum absolute atomic E-state index is 13.2. The molecule has 2 saturated heterocycles. The van der Waals surface area contributed by atoms with Crippen LogP contribution in [-0.4, -0.2) is 60.1 Å². The number of methoxy groups -OCH3 is 1. The van der Waals surface area contributed by atoms with Crippen LogP contribution in [0.1, 0.15) is 63.7 Å². The lowest BCUT2D eigenvalue weighted by molar-refractivity contribution is -0.134. The van der Waals surface area contributed by atoms with E-state index < -0.39 is 0 Å². The van der Waals surface area contributed by atoms with Crippen molar-refractivity contribution in [3.05, 3.63) is 29.8 Å². The molecule has 6 heteroatoms. The first-order chi connectivity index (χ1) is 14.3. The highest BCUT2D eigenvalue weighted by Crippen LogP contribution is 2.35. The number of nitrogens with one attached hydrogen (secondary N) is 1. The van der Waals surface area contributed by atoms with Gasteiger partial charge in [0.25, 0.3) is 5.91 Å². The Labute approximate surface area is 180 Å². The molecule has 0 aliphatic carbocycles. The van der Waals surface area contributed by atoms with Gasteiger partial charge in [0.2, 0.25) is 5.91 Å². The van der Waals surface area contributed by atoms with Gasteiger partial charge in [0.1, 0.15) is 5.75 Å². The standard InChI is InChI=1S/C24H37N3O3/c1-6-18(4)16-27-23(29)21(14-17(2)3)25-24(27)10-12-26(13-11-24)22(28)19-8-7-9-20(15-19)30-5/h7-9,15,17-18,21,25H,6,10-14,16H2,1-5H3/t18-,21-/m1/s1. The molecule has 2 atom stereocenters. The van der Waals surface area contributed by atoms with E-state index in [1.165, 1.54) is 0 Å². The number of nitrogens with zero attached hydrogens (tertiary/aromatic N) is 2. The molecule has 1 aromatic rings. The largest absolute Gasteiger partial charge is 0.497 e. The van der Waals surface area contributed by atoms with E-state index in [2.05, 4.69) is 37.9 Å². The first-order valence-corrected chi connectivity index (χ1v) is 11.3. The highest BCUT2D eigenvalue weighted by molar-refractivity contribution is 5.94. The third-order valence-corrected chi connectivity index (χ3v) is 6.62. The number of carbonyl (C=O) groups excluding carboxylic acids is 2. The molecule has 0 bridgehead atoms. The molecule has 3 rings (SSSR count). The number of amides is 2. The van der Waals surface area contributed by atoms with Crippen LogP contribution in [0.3, 0.4) is 0 Å². The average Bonchev–Trinajstić information content (AvgIpc) is 2.98. The molecular formula is C24H37N3O3. The van der Waals surface area contributed by atoms with Crippen molar-refractivity contribution >= 4 is 11.8 Å². The third-order valence-electron chi connectivity index (χ3n) is 6.62. The second-order valence-electron chi connectivity index (χ2n) is 9.34. The van der Waals surface area contributed by atoms with Gasteiger partial charge in [-0.05, 0) is 36.5 Å². The molecule has 1 aromatic carbocycles. The zero-order chi connectivity index (χ0) is 21.9. The van der Waals surface area contributed by atoms with Gasteiger partial charge in [0.05, 0.1) is 18.8 Å². The second-order valence-corrected chi connectivity index (χ2v) is 9.34. The van der Waals surface area contributed by atoms with Crippen LogP contribution in [0.4, 0.5) is 0 Å². The van der Waals surface area contributed by atoms with Crippen LogP contribution in [-0.2, 0) is 4.79 Å². The van der Waals surface area contributed by atoms with Crippen molar-refractivity contribution in [1.82, 2.24) is 15.1 Å². The highest BCUT2D eigenvalue weighted by Gasteiger charge is 2.51. The minimum Gasteiger partial charge on any atom is -0.497 e. The highest BCUT2D eigenvalue weighted by atomic mass is 16.5. The first kappa shape index (κ1) is 22.6. The maximum Gasteiger partial charge on any atom is 0.253 e. The summed E-state index contributed by atoms with van der Waals surface area (Å²) in [5, 5.41) is 3.70. The molecule has 2 aliphatic heterocycles. The molecule has 2 amide bonds. The minimum atomic E-state index is -0.328. The summed E-state index contributed by atoms with van der Waals surface area (Å²) in [6.45, 7) is 10.8. The van der Waals surface area contributed by atoms with Gasteiger partial charge in [-0.1, -0.05) is 40.2 Å². The summed E-state index contributed by atoms with van der Waals surface area (Å²) in [5.74, 6) is 1.87. The molecule has 2 heterocycles. The Morgan fingerprint density at radius 1 is 1.27 bits per heavy atom. The van der Waals surface area contributed by atoms with Crippen molar-refractivity contribution in [2.75, 3.05) is 26.7 Å². The van der Waals surface area contributed by atoms with E-state index in [1.54, 1.807) is 13.2 Å². The van der Waals surface area contributed by atoms with Crippen LogP contribution in [0.15, 0.2) is 24.3 Å². The summed E-state index contributed by atoms with van der Waals surface area (Å²) < 4.78 is 5.26. The van der Waals surface area contributed by atoms with Crippen LogP contribution in [0.5, 0.6) is 5.75 Å². The van der Waals surface area contributed by atoms with Crippen molar-refractivity contribution in [3.63, 3.8) is 0 Å². The normalized spacial score (nSPS) is 22.1. The fraction of sp³-hybridized carbons (Fsp3) is 0.667. The molecular weight excluding hydrogens is 378 g/mol. The van der Waals surface area contributed by atoms with Crippen LogP contribution in [0.2, 0.25) is 0 Å². The van der Waals surface area contributed by atoms with Crippen LogP contribution >= 0.6 is 0 Å². The zero-order valence-corrected chi connectivity index (χ0v) is 19.1. The number of hydrogen-bond donors (Lipinski definition) is 1. The average molecular weight is 416 g/mol. The van der Waals surface area contributed by atoms with Gasteiger partial charge in [-0.3, -0.25) is 14.9 Å². The zero-order valence-electron chi connectivity index (χ0n) is 19.1. The minimum absolute atomic E-state index is 0.0280. The van der Waals surface area contributed by atoms with Gasteiger partial charge < -0.3 is 14.5 Å². The van der Waals surface area contributed by atoms with Crippen LogP contribution < -0.4 is 10.1 Å². The van der Waals surface area contributed by atoms with E-state index in [0.29, 0.717) is 36.2 Å². The number of ether oxygens (including phenoxy) is 1. The number of hydrogen-bond acceptors (Lipinski definition) is 4. The van der Waals surface area contributed by atoms with Gasteiger partial charge in [-0.15, -0.1) is 0 Å². The quantitative estimate of drug-likeness (QED) is 0.740. The molecule has 1 N–H and O–H groups in total. The number of likely N-dealkylation sites (tertiary alicyclic amines) is 1. The van der Waals surface area contributed by atoms with E-state index in [4.69, 9.17) is 4.74 Å². The summed E-state index contributed by atoms with van der Waals surface area (Å²) in [7, 11) is 1.61. The summed E-state index contributed by atoms with van der Waals surface area (Å²) in [6, 6.07) is 7.20. The fourth-order valence-electron chi connectivity index (χ4n) is 4.63. The number of rotatable bonds is 7. The molecule has 1 spiro atoms. The summed E-state index contributed by atoms with van der Waals surface area (Å²) in [4.78, 5) is 30.3. The maximum atomic E-state index is 13.2. The van der Waals surface area contributed by atoms with E-state index >= 15 is 0 Å². The molecule has 30 heavy (non-hydrogen) atoms. The third kappa shape index (κ3) is 4.64. The lowest BCUT2D eigenvalue weighted by atomic mass is 9.94. The van der Waals surface area contributed by atoms with Gasteiger partial charge in [0, 0.05) is 38.0 Å².